The molecule has 1 aromatic carbocycles. The number of nitrogens with one attached hydrogen (secondary N) is 2. The van der Waals surface area contributed by atoms with E-state index in [4.69, 9.17) is 4.74 Å². The van der Waals surface area contributed by atoms with Crippen LogP contribution in [0.25, 0.3) is 5.65 Å². The number of rotatable bonds is 6. The number of amides is 1. The number of aryl methyl sites for hydroxylation is 1. The van der Waals surface area contributed by atoms with Crippen LogP contribution in [0.15, 0.2) is 54.9 Å². The third-order valence-corrected chi connectivity index (χ3v) is 4.29. The summed E-state index contributed by atoms with van der Waals surface area (Å²) in [6, 6.07) is 11.4. The molecule has 0 aliphatic carbocycles. The number of H-pyrrole nitrogens is 1. The zero-order valence-corrected chi connectivity index (χ0v) is 15.1. The maximum atomic E-state index is 13.2. The number of imidazole rings is 1. The summed E-state index contributed by atoms with van der Waals surface area (Å²) in [7, 11) is 0. The van der Waals surface area contributed by atoms with Crippen molar-refractivity contribution >= 4 is 11.6 Å². The van der Waals surface area contributed by atoms with Gasteiger partial charge in [-0.15, -0.1) is 0 Å². The number of hydrogen-bond donors (Lipinski definition) is 2. The van der Waals surface area contributed by atoms with Crippen LogP contribution in [-0.4, -0.2) is 25.5 Å². The smallest absolute Gasteiger partial charge is 0.272 e. The largest absolute Gasteiger partial charge is 0.487 e. The average Bonchev–Trinajstić information content (AvgIpc) is 3.33. The third kappa shape index (κ3) is 3.71. The Kier molecular flexibility index (Phi) is 4.76. The Hall–Kier alpha value is -3.68. The minimum Gasteiger partial charge on any atom is -0.487 e. The molecule has 1 amide bonds. The van der Waals surface area contributed by atoms with E-state index in [1.165, 1.54) is 12.1 Å². The highest BCUT2D eigenvalue weighted by molar-refractivity contribution is 5.92. The second-order valence-electron chi connectivity index (χ2n) is 6.34. The van der Waals surface area contributed by atoms with Crippen molar-refractivity contribution in [1.82, 2.24) is 24.9 Å². The SMILES string of the molecule is Cc1cccn2c(CNC(=O)c3cc(COc4cccc(F)c4)[nH]n3)cnc12. The average molecular weight is 379 g/mol. The number of ether oxygens (including phenoxy) is 1. The summed E-state index contributed by atoms with van der Waals surface area (Å²) in [5.41, 5.74) is 3.67. The van der Waals surface area contributed by atoms with Crippen molar-refractivity contribution in [3.05, 3.63) is 83.3 Å². The third-order valence-electron chi connectivity index (χ3n) is 4.29. The number of nitrogens with zero attached hydrogens (tertiary/aromatic N) is 3. The quantitative estimate of drug-likeness (QED) is 0.539. The monoisotopic (exact) mass is 379 g/mol. The molecule has 0 fully saturated rings. The highest BCUT2D eigenvalue weighted by Gasteiger charge is 2.12. The van der Waals surface area contributed by atoms with Gasteiger partial charge in [0.25, 0.3) is 5.91 Å². The molecule has 0 spiro atoms. The molecule has 0 radical (unpaired) electrons. The lowest BCUT2D eigenvalue weighted by Gasteiger charge is -2.04. The van der Waals surface area contributed by atoms with Crippen molar-refractivity contribution in [3.8, 4) is 5.75 Å². The van der Waals surface area contributed by atoms with E-state index in [9.17, 15) is 9.18 Å². The van der Waals surface area contributed by atoms with Gasteiger partial charge in [-0.3, -0.25) is 9.89 Å². The van der Waals surface area contributed by atoms with Gasteiger partial charge in [-0.05, 0) is 36.8 Å². The van der Waals surface area contributed by atoms with Gasteiger partial charge in [0.15, 0.2) is 0 Å². The lowest BCUT2D eigenvalue weighted by atomic mass is 10.3. The summed E-state index contributed by atoms with van der Waals surface area (Å²) < 4.78 is 20.6. The van der Waals surface area contributed by atoms with E-state index >= 15 is 0 Å². The molecule has 0 aliphatic heterocycles. The molecule has 142 valence electrons. The predicted molar refractivity (Wildman–Crippen MR) is 100 cm³/mol. The van der Waals surface area contributed by atoms with E-state index < -0.39 is 0 Å². The van der Waals surface area contributed by atoms with Crippen LogP contribution in [0.3, 0.4) is 0 Å². The van der Waals surface area contributed by atoms with Crippen LogP contribution >= 0.6 is 0 Å². The van der Waals surface area contributed by atoms with Crippen LogP contribution in [0.5, 0.6) is 5.75 Å². The Morgan fingerprint density at radius 1 is 1.29 bits per heavy atom. The molecular formula is C20H18FN5O2. The van der Waals surface area contributed by atoms with E-state index in [2.05, 4.69) is 20.5 Å². The van der Waals surface area contributed by atoms with Gasteiger partial charge in [0.2, 0.25) is 0 Å². The molecule has 3 heterocycles. The van der Waals surface area contributed by atoms with Gasteiger partial charge in [0, 0.05) is 12.3 Å². The van der Waals surface area contributed by atoms with E-state index in [1.807, 2.05) is 29.7 Å². The topological polar surface area (TPSA) is 84.3 Å². The van der Waals surface area contributed by atoms with Gasteiger partial charge in [-0.2, -0.15) is 5.10 Å². The van der Waals surface area contributed by atoms with Crippen LogP contribution in [0.1, 0.15) is 27.4 Å². The maximum absolute atomic E-state index is 13.2. The van der Waals surface area contributed by atoms with Crippen molar-refractivity contribution in [1.29, 1.82) is 0 Å². The number of fused-ring (bicyclic) bond motifs is 1. The number of carbonyl (C=O) groups is 1. The number of aromatic amines is 1. The first-order valence-electron chi connectivity index (χ1n) is 8.72. The summed E-state index contributed by atoms with van der Waals surface area (Å²) in [6.07, 6.45) is 3.65. The number of hydrogen-bond acceptors (Lipinski definition) is 4. The van der Waals surface area contributed by atoms with Crippen LogP contribution in [0.4, 0.5) is 4.39 Å². The van der Waals surface area contributed by atoms with Crippen LogP contribution in [0.2, 0.25) is 0 Å². The first kappa shape index (κ1) is 17.7. The van der Waals surface area contributed by atoms with Gasteiger partial charge in [0.05, 0.1) is 24.1 Å². The summed E-state index contributed by atoms with van der Waals surface area (Å²) in [5.74, 6) is -0.274. The number of carbonyl (C=O) groups excluding carboxylic acids is 1. The van der Waals surface area contributed by atoms with Crippen molar-refractivity contribution in [2.75, 3.05) is 0 Å². The molecule has 2 N–H and O–H groups in total. The van der Waals surface area contributed by atoms with Crippen LogP contribution < -0.4 is 10.1 Å². The van der Waals surface area contributed by atoms with Crippen molar-refractivity contribution < 1.29 is 13.9 Å². The van der Waals surface area contributed by atoms with Gasteiger partial charge in [0.1, 0.15) is 29.5 Å². The van der Waals surface area contributed by atoms with E-state index in [0.29, 0.717) is 18.0 Å². The maximum Gasteiger partial charge on any atom is 0.272 e. The standard InChI is InChI=1S/C20H18FN5O2/c1-13-4-3-7-26-16(10-22-19(13)26)11-23-20(27)18-9-15(24-25-18)12-28-17-6-2-5-14(21)8-17/h2-10H,11-12H2,1H3,(H,23,27)(H,24,25). The first-order valence-corrected chi connectivity index (χ1v) is 8.72. The number of halogens is 1. The van der Waals surface area contributed by atoms with E-state index in [0.717, 1.165) is 16.9 Å². The molecule has 8 heteroatoms. The summed E-state index contributed by atoms with van der Waals surface area (Å²) in [6.45, 7) is 2.46. The Morgan fingerprint density at radius 3 is 3.04 bits per heavy atom. The van der Waals surface area contributed by atoms with Gasteiger partial charge < -0.3 is 14.5 Å². The lowest BCUT2D eigenvalue weighted by Crippen LogP contribution is -2.23. The van der Waals surface area contributed by atoms with E-state index in [1.54, 1.807) is 24.4 Å². The number of aromatic nitrogens is 4. The summed E-state index contributed by atoms with van der Waals surface area (Å²) in [5, 5.41) is 9.60. The number of benzene rings is 1. The Morgan fingerprint density at radius 2 is 2.18 bits per heavy atom. The second kappa shape index (κ2) is 7.51. The van der Waals surface area contributed by atoms with Crippen molar-refractivity contribution in [2.45, 2.75) is 20.1 Å². The predicted octanol–water partition coefficient (Wildman–Crippen LogP) is 3.01. The fraction of sp³-hybridized carbons (Fsp3) is 0.150. The molecule has 0 saturated heterocycles. The zero-order chi connectivity index (χ0) is 19.5. The molecule has 0 aliphatic rings. The van der Waals surface area contributed by atoms with Crippen molar-refractivity contribution in [3.63, 3.8) is 0 Å². The lowest BCUT2D eigenvalue weighted by molar-refractivity contribution is 0.0945. The van der Waals surface area contributed by atoms with Crippen molar-refractivity contribution in [2.24, 2.45) is 0 Å². The molecule has 4 aromatic rings. The van der Waals surface area contributed by atoms with E-state index in [-0.39, 0.29) is 24.0 Å². The second-order valence-corrected chi connectivity index (χ2v) is 6.34. The molecule has 0 atom stereocenters. The molecule has 7 nitrogen and oxygen atoms in total. The highest BCUT2D eigenvalue weighted by Crippen LogP contribution is 2.14. The van der Waals surface area contributed by atoms with Crippen LogP contribution in [0, 0.1) is 12.7 Å². The fourth-order valence-electron chi connectivity index (χ4n) is 2.86. The summed E-state index contributed by atoms with van der Waals surface area (Å²) in [4.78, 5) is 16.7. The highest BCUT2D eigenvalue weighted by atomic mass is 19.1. The Bertz CT molecular complexity index is 1130. The first-order chi connectivity index (χ1) is 13.6. The minimum absolute atomic E-state index is 0.149. The van der Waals surface area contributed by atoms with Gasteiger partial charge in [-0.25, -0.2) is 9.37 Å². The molecule has 3 aromatic heterocycles. The molecule has 0 saturated carbocycles. The Balaban J connectivity index is 1.37. The molecule has 0 bridgehead atoms. The van der Waals surface area contributed by atoms with Gasteiger partial charge in [-0.1, -0.05) is 12.1 Å². The Labute approximate surface area is 160 Å². The van der Waals surface area contributed by atoms with Gasteiger partial charge >= 0.3 is 0 Å². The molecule has 0 unspecified atom stereocenters. The normalized spacial score (nSPS) is 10.9. The zero-order valence-electron chi connectivity index (χ0n) is 15.1. The number of pyridine rings is 1. The minimum atomic E-state index is -0.371. The summed E-state index contributed by atoms with van der Waals surface area (Å²) >= 11 is 0. The molecule has 4 rings (SSSR count). The fourth-order valence-corrected chi connectivity index (χ4v) is 2.86. The van der Waals surface area contributed by atoms with Crippen LogP contribution in [-0.2, 0) is 13.2 Å². The molecule has 28 heavy (non-hydrogen) atoms. The molecular weight excluding hydrogens is 361 g/mol.